The van der Waals surface area contributed by atoms with E-state index >= 15 is 0 Å². The van der Waals surface area contributed by atoms with Crippen molar-refractivity contribution in [2.24, 2.45) is 0 Å². The summed E-state index contributed by atoms with van der Waals surface area (Å²) in [4.78, 5) is 18.1. The zero-order valence-electron chi connectivity index (χ0n) is 14.2. The van der Waals surface area contributed by atoms with Crippen LogP contribution in [0.3, 0.4) is 0 Å². The Balaban J connectivity index is 1.35. The van der Waals surface area contributed by atoms with Gasteiger partial charge in [-0.1, -0.05) is 0 Å². The Bertz CT molecular complexity index is 908. The van der Waals surface area contributed by atoms with Crippen LogP contribution in [0.2, 0.25) is 0 Å². The number of aryl methyl sites for hydroxylation is 1. The van der Waals surface area contributed by atoms with Crippen molar-refractivity contribution in [1.82, 2.24) is 29.5 Å². The molecule has 25 heavy (non-hydrogen) atoms. The van der Waals surface area contributed by atoms with Gasteiger partial charge in [0.2, 0.25) is 5.65 Å². The number of fused-ring (bicyclic) bond motifs is 1. The van der Waals surface area contributed by atoms with Crippen LogP contribution in [0.1, 0.15) is 30.3 Å². The summed E-state index contributed by atoms with van der Waals surface area (Å²) in [6.07, 6.45) is 7.95. The quantitative estimate of drug-likeness (QED) is 0.716. The monoisotopic (exact) mass is 336 g/mol. The van der Waals surface area contributed by atoms with Crippen LogP contribution < -0.4 is 9.80 Å². The molecule has 0 bridgehead atoms. The maximum atomic E-state index is 4.55. The highest BCUT2D eigenvalue weighted by Crippen LogP contribution is 2.39. The molecule has 128 valence electrons. The number of piperazine rings is 1. The van der Waals surface area contributed by atoms with Gasteiger partial charge in [0.25, 0.3) is 0 Å². The molecule has 0 unspecified atom stereocenters. The Kier molecular flexibility index (Phi) is 3.29. The normalized spacial score (nSPS) is 18.1. The number of nitrogens with zero attached hydrogens (tertiary/aromatic N) is 8. The molecule has 8 heteroatoms. The van der Waals surface area contributed by atoms with Crippen molar-refractivity contribution in [2.75, 3.05) is 36.0 Å². The van der Waals surface area contributed by atoms with E-state index in [9.17, 15) is 0 Å². The maximum absolute atomic E-state index is 4.55. The van der Waals surface area contributed by atoms with Crippen LogP contribution >= 0.6 is 0 Å². The van der Waals surface area contributed by atoms with Crippen LogP contribution in [-0.4, -0.2) is 55.7 Å². The van der Waals surface area contributed by atoms with Crippen molar-refractivity contribution in [2.45, 2.75) is 25.7 Å². The second-order valence-corrected chi connectivity index (χ2v) is 6.74. The highest BCUT2D eigenvalue weighted by atomic mass is 15.3. The molecule has 1 saturated heterocycles. The zero-order chi connectivity index (χ0) is 16.8. The molecule has 1 aliphatic heterocycles. The lowest BCUT2D eigenvalue weighted by molar-refractivity contribution is 0.640. The first-order valence-corrected chi connectivity index (χ1v) is 8.78. The van der Waals surface area contributed by atoms with Crippen LogP contribution in [0.15, 0.2) is 24.8 Å². The lowest BCUT2D eigenvalue weighted by Gasteiger charge is -2.36. The Labute approximate surface area is 145 Å². The molecule has 1 aliphatic carbocycles. The van der Waals surface area contributed by atoms with Crippen molar-refractivity contribution in [3.8, 4) is 0 Å². The highest BCUT2D eigenvalue weighted by molar-refractivity contribution is 5.64. The van der Waals surface area contributed by atoms with E-state index in [1.54, 1.807) is 6.33 Å². The largest absolute Gasteiger partial charge is 0.353 e. The first kappa shape index (κ1) is 14.6. The van der Waals surface area contributed by atoms with Gasteiger partial charge in [-0.25, -0.2) is 15.0 Å². The van der Waals surface area contributed by atoms with Crippen LogP contribution in [0.25, 0.3) is 5.65 Å². The van der Waals surface area contributed by atoms with Crippen molar-refractivity contribution in [3.63, 3.8) is 0 Å². The summed E-state index contributed by atoms with van der Waals surface area (Å²) in [6, 6.07) is 2.16. The molecule has 4 heterocycles. The predicted octanol–water partition coefficient (Wildman–Crippen LogP) is 1.43. The van der Waals surface area contributed by atoms with Gasteiger partial charge >= 0.3 is 0 Å². The second kappa shape index (κ2) is 5.65. The van der Waals surface area contributed by atoms with E-state index in [0.717, 1.165) is 49.3 Å². The van der Waals surface area contributed by atoms with Gasteiger partial charge in [-0.05, 0) is 19.8 Å². The molecule has 2 fully saturated rings. The number of rotatable bonds is 3. The number of hydrogen-bond donors (Lipinski definition) is 0. The minimum atomic E-state index is 0.654. The van der Waals surface area contributed by atoms with E-state index in [4.69, 9.17) is 0 Å². The van der Waals surface area contributed by atoms with Gasteiger partial charge in [-0.15, -0.1) is 10.2 Å². The Morgan fingerprint density at radius 1 is 0.960 bits per heavy atom. The molecule has 8 nitrogen and oxygen atoms in total. The molecule has 1 saturated carbocycles. The standard InChI is InChI=1S/C17H20N8/c1-12-21-22-17-16(18-4-5-25(12)17)24-8-6-23(7-9-24)15-10-14(13-2-3-13)19-11-20-15/h4-5,10-11,13H,2-3,6-9H2,1H3. The second-order valence-electron chi connectivity index (χ2n) is 6.74. The molecule has 3 aromatic rings. The summed E-state index contributed by atoms with van der Waals surface area (Å²) in [5.41, 5.74) is 2.02. The van der Waals surface area contributed by atoms with Gasteiger partial charge in [0.15, 0.2) is 5.82 Å². The number of aromatic nitrogens is 6. The molecule has 3 aromatic heterocycles. The van der Waals surface area contributed by atoms with Crippen molar-refractivity contribution < 1.29 is 0 Å². The molecule has 0 amide bonds. The van der Waals surface area contributed by atoms with E-state index in [1.807, 2.05) is 23.7 Å². The van der Waals surface area contributed by atoms with Crippen molar-refractivity contribution >= 4 is 17.3 Å². The third-order valence-corrected chi connectivity index (χ3v) is 5.05. The van der Waals surface area contributed by atoms with Crippen molar-refractivity contribution in [3.05, 3.63) is 36.3 Å². The summed E-state index contributed by atoms with van der Waals surface area (Å²) in [5.74, 6) is 3.48. The SMILES string of the molecule is Cc1nnc2c(N3CCN(c4cc(C5CC5)ncn4)CC3)nccn12. The molecule has 5 rings (SSSR count). The van der Waals surface area contributed by atoms with Crippen LogP contribution in [0, 0.1) is 6.92 Å². The molecular weight excluding hydrogens is 316 g/mol. The average Bonchev–Trinajstić information content (AvgIpc) is 3.45. The van der Waals surface area contributed by atoms with Crippen LogP contribution in [-0.2, 0) is 0 Å². The van der Waals surface area contributed by atoms with Gasteiger partial charge in [0.1, 0.15) is 18.0 Å². The third-order valence-electron chi connectivity index (χ3n) is 5.05. The lowest BCUT2D eigenvalue weighted by atomic mass is 10.2. The van der Waals surface area contributed by atoms with E-state index in [-0.39, 0.29) is 0 Å². The summed E-state index contributed by atoms with van der Waals surface area (Å²) in [7, 11) is 0. The first-order chi connectivity index (χ1) is 12.3. The number of hydrogen-bond acceptors (Lipinski definition) is 7. The Morgan fingerprint density at radius 2 is 1.76 bits per heavy atom. The summed E-state index contributed by atoms with van der Waals surface area (Å²) in [5, 5.41) is 8.45. The fourth-order valence-corrected chi connectivity index (χ4v) is 3.44. The zero-order valence-corrected chi connectivity index (χ0v) is 14.2. The van der Waals surface area contributed by atoms with Crippen molar-refractivity contribution in [1.29, 1.82) is 0 Å². The molecule has 0 spiro atoms. The van der Waals surface area contributed by atoms with Crippen LogP contribution in [0.4, 0.5) is 11.6 Å². The molecular formula is C17H20N8. The maximum Gasteiger partial charge on any atom is 0.203 e. The molecule has 0 atom stereocenters. The highest BCUT2D eigenvalue weighted by Gasteiger charge is 2.27. The predicted molar refractivity (Wildman–Crippen MR) is 94.0 cm³/mol. The fraction of sp³-hybridized carbons (Fsp3) is 0.471. The topological polar surface area (TPSA) is 75.3 Å². The molecule has 0 radical (unpaired) electrons. The Morgan fingerprint density at radius 3 is 2.56 bits per heavy atom. The van der Waals surface area contributed by atoms with Crippen LogP contribution in [0.5, 0.6) is 0 Å². The third kappa shape index (κ3) is 2.57. The van der Waals surface area contributed by atoms with Gasteiger partial charge in [-0.2, -0.15) is 0 Å². The molecule has 0 aromatic carbocycles. The van der Waals surface area contributed by atoms with Gasteiger partial charge in [-0.3, -0.25) is 4.40 Å². The molecule has 2 aliphatic rings. The number of anilines is 2. The first-order valence-electron chi connectivity index (χ1n) is 8.78. The van der Waals surface area contributed by atoms with E-state index in [1.165, 1.54) is 18.5 Å². The molecule has 0 N–H and O–H groups in total. The van der Waals surface area contributed by atoms with E-state index in [0.29, 0.717) is 5.92 Å². The van der Waals surface area contributed by atoms with Gasteiger partial charge in [0.05, 0.1) is 0 Å². The Hall–Kier alpha value is -2.77. The summed E-state index contributed by atoms with van der Waals surface area (Å²) < 4.78 is 1.99. The summed E-state index contributed by atoms with van der Waals surface area (Å²) >= 11 is 0. The minimum absolute atomic E-state index is 0.654. The smallest absolute Gasteiger partial charge is 0.203 e. The average molecular weight is 336 g/mol. The van der Waals surface area contributed by atoms with E-state index < -0.39 is 0 Å². The summed E-state index contributed by atoms with van der Waals surface area (Å²) in [6.45, 7) is 5.56. The minimum Gasteiger partial charge on any atom is -0.353 e. The van der Waals surface area contributed by atoms with Gasteiger partial charge in [0, 0.05) is 56.3 Å². The fourth-order valence-electron chi connectivity index (χ4n) is 3.44. The lowest BCUT2D eigenvalue weighted by Crippen LogP contribution is -2.47. The van der Waals surface area contributed by atoms with Gasteiger partial charge < -0.3 is 9.80 Å². The van der Waals surface area contributed by atoms with E-state index in [2.05, 4.69) is 41.0 Å².